The van der Waals surface area contributed by atoms with Crippen LogP contribution in [0, 0.1) is 10.8 Å². The van der Waals surface area contributed by atoms with Crippen LogP contribution in [-0.2, 0) is 24.1 Å². The van der Waals surface area contributed by atoms with Gasteiger partial charge < -0.3 is 14.7 Å². The van der Waals surface area contributed by atoms with Crippen LogP contribution in [-0.4, -0.2) is 42.2 Å². The molecule has 4 nitrogen and oxygen atoms in total. The van der Waals surface area contributed by atoms with Crippen molar-refractivity contribution in [2.75, 3.05) is 26.2 Å². The van der Waals surface area contributed by atoms with E-state index in [1.165, 1.54) is 11.1 Å². The zero-order valence-corrected chi connectivity index (χ0v) is 17.3. The number of fused-ring (bicyclic) bond motifs is 1. The molecule has 152 valence electrons. The first-order valence-electron chi connectivity index (χ1n) is 10.4. The number of carboxylic acid groups (broad SMARTS) is 1. The maximum absolute atomic E-state index is 11.4. The molecule has 3 aliphatic rings. The molecule has 1 saturated carbocycles. The van der Waals surface area contributed by atoms with Gasteiger partial charge in [-0.25, -0.2) is 0 Å². The first kappa shape index (κ1) is 19.0. The fourth-order valence-electron chi connectivity index (χ4n) is 5.14. The largest absolute Gasteiger partial charge is 0.493 e. The molecule has 0 atom stereocenters. The van der Waals surface area contributed by atoms with Crippen molar-refractivity contribution in [3.63, 3.8) is 0 Å². The van der Waals surface area contributed by atoms with Gasteiger partial charge in [0.2, 0.25) is 0 Å². The van der Waals surface area contributed by atoms with E-state index < -0.39 is 11.4 Å². The second-order valence-corrected chi connectivity index (χ2v) is 9.61. The minimum Gasteiger partial charge on any atom is -0.493 e. The number of carbonyl (C=O) groups is 1. The van der Waals surface area contributed by atoms with E-state index >= 15 is 0 Å². The summed E-state index contributed by atoms with van der Waals surface area (Å²) < 4.78 is 6.00. The van der Waals surface area contributed by atoms with Crippen molar-refractivity contribution in [2.45, 2.75) is 32.1 Å². The Kier molecular flexibility index (Phi) is 4.60. The number of benzene rings is 2. The molecule has 0 bridgehead atoms. The number of likely N-dealkylation sites (tertiary alicyclic amines) is 1. The number of ether oxygens (including phenoxy) is 1. The van der Waals surface area contributed by atoms with E-state index in [1.807, 2.05) is 24.3 Å². The third kappa shape index (κ3) is 3.64. The second-order valence-electron chi connectivity index (χ2n) is 9.20. The number of halogens is 1. The topological polar surface area (TPSA) is 49.8 Å². The molecule has 2 aromatic rings. The van der Waals surface area contributed by atoms with E-state index in [0.717, 1.165) is 68.1 Å². The third-order valence-corrected chi connectivity index (χ3v) is 7.23. The quantitative estimate of drug-likeness (QED) is 0.740. The Morgan fingerprint density at radius 3 is 2.59 bits per heavy atom. The van der Waals surface area contributed by atoms with Crippen LogP contribution >= 0.6 is 11.6 Å². The Bertz CT molecular complexity index is 947. The Morgan fingerprint density at radius 1 is 1.10 bits per heavy atom. The molecular formula is C24H26ClNO3. The Balaban J connectivity index is 1.15. The van der Waals surface area contributed by atoms with Crippen LogP contribution in [0.5, 0.6) is 5.75 Å². The summed E-state index contributed by atoms with van der Waals surface area (Å²) in [4.78, 5) is 13.8. The van der Waals surface area contributed by atoms with Gasteiger partial charge in [0.1, 0.15) is 5.75 Å². The smallest absolute Gasteiger partial charge is 0.310 e. The van der Waals surface area contributed by atoms with Gasteiger partial charge in [0, 0.05) is 36.5 Å². The summed E-state index contributed by atoms with van der Waals surface area (Å²) in [6.45, 7) is 3.36. The lowest BCUT2D eigenvalue weighted by atomic mass is 9.76. The summed E-state index contributed by atoms with van der Waals surface area (Å²) in [6.07, 6.45) is 4.63. The van der Waals surface area contributed by atoms with Crippen molar-refractivity contribution in [3.8, 4) is 5.75 Å². The van der Waals surface area contributed by atoms with Crippen molar-refractivity contribution in [1.82, 2.24) is 4.90 Å². The van der Waals surface area contributed by atoms with Gasteiger partial charge in [-0.1, -0.05) is 35.9 Å². The summed E-state index contributed by atoms with van der Waals surface area (Å²) in [5.41, 5.74) is 3.77. The summed E-state index contributed by atoms with van der Waals surface area (Å²) in [7, 11) is 0. The molecule has 0 radical (unpaired) electrons. The maximum atomic E-state index is 11.4. The molecule has 0 aromatic heterocycles. The first-order valence-corrected chi connectivity index (χ1v) is 10.8. The monoisotopic (exact) mass is 411 g/mol. The number of aliphatic carboxylic acids is 1. The molecule has 1 heterocycles. The molecule has 5 rings (SSSR count). The van der Waals surface area contributed by atoms with Gasteiger partial charge >= 0.3 is 5.97 Å². The molecule has 1 aliphatic heterocycles. The van der Waals surface area contributed by atoms with Crippen molar-refractivity contribution in [2.24, 2.45) is 10.8 Å². The molecule has 1 spiro atoms. The lowest BCUT2D eigenvalue weighted by Crippen LogP contribution is -2.58. The van der Waals surface area contributed by atoms with Crippen LogP contribution < -0.4 is 4.74 Å². The van der Waals surface area contributed by atoms with E-state index in [-0.39, 0.29) is 0 Å². The van der Waals surface area contributed by atoms with Crippen LogP contribution in [0.3, 0.4) is 0 Å². The lowest BCUT2D eigenvalue weighted by molar-refractivity contribution is -0.145. The first-order chi connectivity index (χ1) is 14.0. The van der Waals surface area contributed by atoms with Gasteiger partial charge in [-0.2, -0.15) is 0 Å². The third-order valence-electron chi connectivity index (χ3n) is 6.86. The van der Waals surface area contributed by atoms with E-state index in [4.69, 9.17) is 16.3 Å². The lowest BCUT2D eigenvalue weighted by Gasteiger charge is -2.49. The molecule has 5 heteroatoms. The Labute approximate surface area is 176 Å². The highest BCUT2D eigenvalue weighted by Gasteiger charge is 2.55. The number of hydrogen-bond donors (Lipinski definition) is 1. The van der Waals surface area contributed by atoms with Gasteiger partial charge in [-0.05, 0) is 60.6 Å². The van der Waals surface area contributed by atoms with Gasteiger partial charge in [0.05, 0.1) is 12.0 Å². The van der Waals surface area contributed by atoms with E-state index in [9.17, 15) is 9.90 Å². The van der Waals surface area contributed by atoms with Crippen molar-refractivity contribution >= 4 is 17.6 Å². The zero-order chi connectivity index (χ0) is 20.1. The van der Waals surface area contributed by atoms with E-state index in [0.29, 0.717) is 12.0 Å². The summed E-state index contributed by atoms with van der Waals surface area (Å²) in [5, 5.41) is 10.2. The van der Waals surface area contributed by atoms with E-state index in [1.54, 1.807) is 0 Å². The SMILES string of the molecule is O=C(O)C1(CN2CC3(Cc4ccc(OCCc5ccccc5Cl)cc4C3)C2)CC1. The summed E-state index contributed by atoms with van der Waals surface area (Å²) in [5.74, 6) is 0.304. The van der Waals surface area contributed by atoms with Crippen molar-refractivity contribution < 1.29 is 14.6 Å². The average molecular weight is 412 g/mol. The number of carboxylic acids is 1. The van der Waals surface area contributed by atoms with Gasteiger partial charge in [0.25, 0.3) is 0 Å². The molecule has 1 saturated heterocycles. The van der Waals surface area contributed by atoms with Crippen LogP contribution in [0.15, 0.2) is 42.5 Å². The minimum atomic E-state index is -0.619. The predicted molar refractivity (Wildman–Crippen MR) is 113 cm³/mol. The zero-order valence-electron chi connectivity index (χ0n) is 16.5. The fraction of sp³-hybridized carbons (Fsp3) is 0.458. The Morgan fingerprint density at radius 2 is 1.86 bits per heavy atom. The van der Waals surface area contributed by atoms with Gasteiger partial charge in [-0.3, -0.25) is 4.79 Å². The molecule has 2 fully saturated rings. The summed E-state index contributed by atoms with van der Waals surface area (Å²) >= 11 is 6.22. The van der Waals surface area contributed by atoms with Crippen molar-refractivity contribution in [1.29, 1.82) is 0 Å². The molecule has 2 aliphatic carbocycles. The Hall–Kier alpha value is -2.04. The van der Waals surface area contributed by atoms with E-state index in [2.05, 4.69) is 23.1 Å². The van der Waals surface area contributed by atoms with Crippen LogP contribution in [0.1, 0.15) is 29.5 Å². The molecular weight excluding hydrogens is 386 g/mol. The normalized spacial score (nSPS) is 20.9. The highest BCUT2D eigenvalue weighted by Crippen LogP contribution is 2.51. The van der Waals surface area contributed by atoms with Gasteiger partial charge in [-0.15, -0.1) is 0 Å². The number of hydrogen-bond acceptors (Lipinski definition) is 3. The molecule has 1 N–H and O–H groups in total. The fourth-order valence-corrected chi connectivity index (χ4v) is 5.37. The highest BCUT2D eigenvalue weighted by atomic mass is 35.5. The molecule has 0 unspecified atom stereocenters. The average Bonchev–Trinajstić information content (AvgIpc) is 3.35. The molecule has 0 amide bonds. The molecule has 2 aromatic carbocycles. The molecule has 29 heavy (non-hydrogen) atoms. The van der Waals surface area contributed by atoms with Crippen LogP contribution in [0.25, 0.3) is 0 Å². The van der Waals surface area contributed by atoms with Crippen LogP contribution in [0.4, 0.5) is 0 Å². The van der Waals surface area contributed by atoms with Crippen molar-refractivity contribution in [3.05, 3.63) is 64.2 Å². The number of rotatable bonds is 7. The second kappa shape index (κ2) is 7.03. The highest BCUT2D eigenvalue weighted by molar-refractivity contribution is 6.31. The predicted octanol–water partition coefficient (Wildman–Crippen LogP) is 4.23. The summed E-state index contributed by atoms with van der Waals surface area (Å²) in [6, 6.07) is 14.4. The van der Waals surface area contributed by atoms with Crippen LogP contribution in [0.2, 0.25) is 5.02 Å². The standard InChI is InChI=1S/C24H26ClNO3/c25-21-4-2-1-3-17(21)7-10-29-20-6-5-18-12-23(13-19(18)11-20)14-26(15-23)16-24(8-9-24)22(27)28/h1-6,11H,7-10,12-16H2,(H,27,28). The minimum absolute atomic E-state index is 0.299. The maximum Gasteiger partial charge on any atom is 0.310 e. The van der Waals surface area contributed by atoms with Gasteiger partial charge in [0.15, 0.2) is 0 Å². The number of nitrogens with zero attached hydrogens (tertiary/aromatic N) is 1.